The minimum Gasteiger partial charge on any atom is -0.373 e. The van der Waals surface area contributed by atoms with Crippen LogP contribution >= 0.6 is 0 Å². The highest BCUT2D eigenvalue weighted by Gasteiger charge is 2.33. The lowest BCUT2D eigenvalue weighted by atomic mass is 10.1. The highest BCUT2D eigenvalue weighted by molar-refractivity contribution is 5.63. The van der Waals surface area contributed by atoms with Crippen molar-refractivity contribution in [1.29, 1.82) is 0 Å². The van der Waals surface area contributed by atoms with E-state index in [-0.39, 0.29) is 11.7 Å². The molecule has 2 rings (SSSR count). The predicted molar refractivity (Wildman–Crippen MR) is 76.6 cm³/mol. The SMILES string of the molecule is C[C@H](Nc1ccc(C(F)(F)F)cc1[N+](=O)[O-])c1ccccc1. The first-order chi connectivity index (χ1) is 10.3. The molecule has 2 aromatic carbocycles. The van der Waals surface area contributed by atoms with Crippen molar-refractivity contribution in [2.24, 2.45) is 0 Å². The average Bonchev–Trinajstić information content (AvgIpc) is 2.47. The summed E-state index contributed by atoms with van der Waals surface area (Å²) in [5, 5.41) is 13.9. The largest absolute Gasteiger partial charge is 0.416 e. The zero-order valence-corrected chi connectivity index (χ0v) is 11.6. The summed E-state index contributed by atoms with van der Waals surface area (Å²) in [6.45, 7) is 1.77. The van der Waals surface area contributed by atoms with Gasteiger partial charge in [-0.2, -0.15) is 13.2 Å². The molecule has 0 aliphatic heterocycles. The van der Waals surface area contributed by atoms with Crippen LogP contribution in [0.15, 0.2) is 48.5 Å². The number of nitro benzene ring substituents is 1. The normalized spacial score (nSPS) is 12.7. The maximum absolute atomic E-state index is 12.6. The Morgan fingerprint density at radius 3 is 2.32 bits per heavy atom. The molecule has 0 saturated heterocycles. The molecule has 0 aliphatic carbocycles. The Bertz CT molecular complexity index is 672. The van der Waals surface area contributed by atoms with Gasteiger partial charge in [0, 0.05) is 12.1 Å². The molecule has 1 atom stereocenters. The van der Waals surface area contributed by atoms with Crippen molar-refractivity contribution in [2.45, 2.75) is 19.1 Å². The van der Waals surface area contributed by atoms with E-state index in [9.17, 15) is 23.3 Å². The number of halogens is 3. The van der Waals surface area contributed by atoms with E-state index in [0.29, 0.717) is 6.07 Å². The molecule has 0 spiro atoms. The van der Waals surface area contributed by atoms with Gasteiger partial charge in [-0.1, -0.05) is 30.3 Å². The van der Waals surface area contributed by atoms with Gasteiger partial charge in [0.05, 0.1) is 10.5 Å². The van der Waals surface area contributed by atoms with Gasteiger partial charge >= 0.3 is 6.18 Å². The van der Waals surface area contributed by atoms with Crippen molar-refractivity contribution in [1.82, 2.24) is 0 Å². The number of anilines is 1. The third-order valence-corrected chi connectivity index (χ3v) is 3.19. The van der Waals surface area contributed by atoms with Crippen molar-refractivity contribution >= 4 is 11.4 Å². The number of nitrogens with zero attached hydrogens (tertiary/aromatic N) is 1. The summed E-state index contributed by atoms with van der Waals surface area (Å²) in [7, 11) is 0. The van der Waals surface area contributed by atoms with Gasteiger partial charge in [-0.05, 0) is 24.6 Å². The summed E-state index contributed by atoms with van der Waals surface area (Å²) in [6.07, 6.45) is -4.62. The molecule has 0 amide bonds. The Hall–Kier alpha value is -2.57. The average molecular weight is 310 g/mol. The fourth-order valence-corrected chi connectivity index (χ4v) is 2.04. The van der Waals surface area contributed by atoms with E-state index in [2.05, 4.69) is 5.32 Å². The molecule has 0 bridgehead atoms. The van der Waals surface area contributed by atoms with Crippen LogP contribution in [0.2, 0.25) is 0 Å². The standard InChI is InChI=1S/C15H13F3N2O2/c1-10(11-5-3-2-4-6-11)19-13-8-7-12(15(16,17)18)9-14(13)20(21)22/h2-10,19H,1H3/t10-/m0/s1. The van der Waals surface area contributed by atoms with Gasteiger partial charge in [0.2, 0.25) is 0 Å². The van der Waals surface area contributed by atoms with E-state index in [1.807, 2.05) is 30.3 Å². The molecule has 0 heterocycles. The monoisotopic (exact) mass is 310 g/mol. The quantitative estimate of drug-likeness (QED) is 0.652. The van der Waals surface area contributed by atoms with Crippen LogP contribution in [0.25, 0.3) is 0 Å². The Morgan fingerprint density at radius 1 is 1.14 bits per heavy atom. The van der Waals surface area contributed by atoms with Crippen LogP contribution in [0.5, 0.6) is 0 Å². The summed E-state index contributed by atoms with van der Waals surface area (Å²) in [5.41, 5.74) is -0.722. The summed E-state index contributed by atoms with van der Waals surface area (Å²) in [4.78, 5) is 10.2. The second-order valence-electron chi connectivity index (χ2n) is 4.76. The molecular weight excluding hydrogens is 297 g/mol. The summed E-state index contributed by atoms with van der Waals surface area (Å²) in [5.74, 6) is 0. The molecule has 0 radical (unpaired) electrons. The smallest absolute Gasteiger partial charge is 0.373 e. The lowest BCUT2D eigenvalue weighted by Gasteiger charge is -2.16. The molecule has 2 aromatic rings. The second-order valence-corrected chi connectivity index (χ2v) is 4.76. The first kappa shape index (κ1) is 15.8. The van der Waals surface area contributed by atoms with Gasteiger partial charge in [-0.15, -0.1) is 0 Å². The van der Waals surface area contributed by atoms with Crippen LogP contribution in [-0.4, -0.2) is 4.92 Å². The second kappa shape index (κ2) is 6.05. The lowest BCUT2D eigenvalue weighted by molar-refractivity contribution is -0.384. The van der Waals surface area contributed by atoms with Gasteiger partial charge in [0.1, 0.15) is 5.69 Å². The zero-order valence-electron chi connectivity index (χ0n) is 11.6. The fraction of sp³-hybridized carbons (Fsp3) is 0.200. The van der Waals surface area contributed by atoms with Gasteiger partial charge < -0.3 is 5.32 Å². The van der Waals surface area contributed by atoms with Gasteiger partial charge in [0.25, 0.3) is 5.69 Å². The highest BCUT2D eigenvalue weighted by atomic mass is 19.4. The summed E-state index contributed by atoms with van der Waals surface area (Å²) >= 11 is 0. The molecule has 0 fully saturated rings. The van der Waals surface area contributed by atoms with Crippen molar-refractivity contribution in [2.75, 3.05) is 5.32 Å². The molecule has 116 valence electrons. The molecule has 0 aliphatic rings. The lowest BCUT2D eigenvalue weighted by Crippen LogP contribution is -2.10. The molecule has 7 heteroatoms. The maximum atomic E-state index is 12.6. The number of nitrogens with one attached hydrogen (secondary N) is 1. The van der Waals surface area contributed by atoms with E-state index in [0.717, 1.165) is 17.7 Å². The van der Waals surface area contributed by atoms with E-state index in [4.69, 9.17) is 0 Å². The van der Waals surface area contributed by atoms with Crippen LogP contribution in [-0.2, 0) is 6.18 Å². The number of alkyl halides is 3. The van der Waals surface area contributed by atoms with Crippen molar-refractivity contribution in [3.8, 4) is 0 Å². The first-order valence-corrected chi connectivity index (χ1v) is 6.46. The van der Waals surface area contributed by atoms with Crippen molar-refractivity contribution in [3.63, 3.8) is 0 Å². The number of nitro groups is 1. The van der Waals surface area contributed by atoms with Crippen LogP contribution in [0.1, 0.15) is 24.1 Å². The third kappa shape index (κ3) is 3.55. The number of benzene rings is 2. The predicted octanol–water partition coefficient (Wildman–Crippen LogP) is 4.79. The molecule has 22 heavy (non-hydrogen) atoms. The third-order valence-electron chi connectivity index (χ3n) is 3.19. The molecule has 1 N–H and O–H groups in total. The van der Waals surface area contributed by atoms with Crippen molar-refractivity contribution < 1.29 is 18.1 Å². The van der Waals surface area contributed by atoms with Crippen LogP contribution in [0, 0.1) is 10.1 Å². The Morgan fingerprint density at radius 2 is 1.77 bits per heavy atom. The fourth-order valence-electron chi connectivity index (χ4n) is 2.04. The highest BCUT2D eigenvalue weighted by Crippen LogP contribution is 2.36. The number of rotatable bonds is 4. The molecule has 4 nitrogen and oxygen atoms in total. The minimum absolute atomic E-state index is 0.0503. The Labute approximate surface area is 124 Å². The number of hydrogen-bond acceptors (Lipinski definition) is 3. The first-order valence-electron chi connectivity index (χ1n) is 6.46. The van der Waals surface area contributed by atoms with E-state index < -0.39 is 22.4 Å². The van der Waals surface area contributed by atoms with E-state index in [1.165, 1.54) is 0 Å². The van der Waals surface area contributed by atoms with Crippen molar-refractivity contribution in [3.05, 3.63) is 69.8 Å². The van der Waals surface area contributed by atoms with E-state index >= 15 is 0 Å². The van der Waals surface area contributed by atoms with E-state index in [1.54, 1.807) is 6.92 Å². The molecular formula is C15H13F3N2O2. The summed E-state index contributed by atoms with van der Waals surface area (Å²) in [6, 6.07) is 11.3. The Kier molecular flexibility index (Phi) is 4.35. The maximum Gasteiger partial charge on any atom is 0.416 e. The van der Waals surface area contributed by atoms with Crippen LogP contribution < -0.4 is 5.32 Å². The number of hydrogen-bond donors (Lipinski definition) is 1. The van der Waals surface area contributed by atoms with Crippen LogP contribution in [0.3, 0.4) is 0 Å². The van der Waals surface area contributed by atoms with Gasteiger partial charge in [-0.3, -0.25) is 10.1 Å². The minimum atomic E-state index is -4.62. The molecule has 0 saturated carbocycles. The topological polar surface area (TPSA) is 55.2 Å². The Balaban J connectivity index is 2.33. The zero-order chi connectivity index (χ0) is 16.3. The van der Waals surface area contributed by atoms with Gasteiger partial charge in [0.15, 0.2) is 0 Å². The van der Waals surface area contributed by atoms with Gasteiger partial charge in [-0.25, -0.2) is 0 Å². The van der Waals surface area contributed by atoms with Crippen LogP contribution in [0.4, 0.5) is 24.5 Å². The molecule has 0 unspecified atom stereocenters. The summed E-state index contributed by atoms with van der Waals surface area (Å²) < 4.78 is 37.9. The molecule has 0 aromatic heterocycles.